The van der Waals surface area contributed by atoms with Crippen molar-refractivity contribution in [2.45, 2.75) is 26.3 Å². The number of benzene rings is 2. The van der Waals surface area contributed by atoms with Crippen molar-refractivity contribution in [2.75, 3.05) is 20.8 Å². The summed E-state index contributed by atoms with van der Waals surface area (Å²) in [4.78, 5) is 12.9. The number of carbonyl (C=O) groups excluding carboxylic acids is 1. The number of hydrogen-bond acceptors (Lipinski definition) is 5. The molecule has 3 rings (SSSR count). The van der Waals surface area contributed by atoms with Gasteiger partial charge < -0.3 is 25.3 Å². The molecule has 6 heteroatoms. The fourth-order valence-corrected chi connectivity index (χ4v) is 3.55. The molecule has 0 aromatic heterocycles. The van der Waals surface area contributed by atoms with Crippen molar-refractivity contribution in [3.63, 3.8) is 0 Å². The van der Waals surface area contributed by atoms with E-state index in [9.17, 15) is 4.79 Å². The fourth-order valence-electron chi connectivity index (χ4n) is 3.55. The monoisotopic (exact) mass is 434 g/mol. The van der Waals surface area contributed by atoms with Crippen molar-refractivity contribution in [3.8, 4) is 17.2 Å². The maximum Gasteiger partial charge on any atom is 0.253 e. The first kappa shape index (κ1) is 23.2. The second-order valence-electron chi connectivity index (χ2n) is 7.45. The molecule has 168 valence electrons. The van der Waals surface area contributed by atoms with Gasteiger partial charge in [0, 0.05) is 25.8 Å². The Morgan fingerprint density at radius 3 is 2.56 bits per heavy atom. The Balaban J connectivity index is 1.67. The van der Waals surface area contributed by atoms with Crippen LogP contribution in [0.2, 0.25) is 0 Å². The number of nitrogens with one attached hydrogen (secondary N) is 1. The van der Waals surface area contributed by atoms with Crippen LogP contribution in [0.3, 0.4) is 0 Å². The number of hydrogen-bond donors (Lipinski definition) is 2. The second kappa shape index (κ2) is 11.2. The van der Waals surface area contributed by atoms with Gasteiger partial charge in [0.25, 0.3) is 5.91 Å². The van der Waals surface area contributed by atoms with E-state index >= 15 is 0 Å². The number of allylic oxidation sites excluding steroid dienone is 1. The van der Waals surface area contributed by atoms with Crippen LogP contribution < -0.4 is 20.5 Å². The van der Waals surface area contributed by atoms with Gasteiger partial charge in [-0.05, 0) is 47.9 Å². The highest BCUT2D eigenvalue weighted by Gasteiger charge is 2.17. The van der Waals surface area contributed by atoms with Gasteiger partial charge in [-0.2, -0.15) is 0 Å². The molecule has 0 aliphatic heterocycles. The molecule has 1 amide bonds. The second-order valence-corrected chi connectivity index (χ2v) is 7.45. The molecule has 0 saturated heterocycles. The van der Waals surface area contributed by atoms with Crippen molar-refractivity contribution >= 4 is 5.91 Å². The van der Waals surface area contributed by atoms with Gasteiger partial charge >= 0.3 is 0 Å². The number of ether oxygens (including phenoxy) is 3. The van der Waals surface area contributed by atoms with E-state index in [0.717, 1.165) is 17.6 Å². The molecule has 1 aliphatic rings. The van der Waals surface area contributed by atoms with Gasteiger partial charge in [0.1, 0.15) is 5.75 Å². The lowest BCUT2D eigenvalue weighted by Crippen LogP contribution is -2.26. The first-order valence-corrected chi connectivity index (χ1v) is 10.6. The molecule has 0 radical (unpaired) electrons. The van der Waals surface area contributed by atoms with Crippen LogP contribution >= 0.6 is 0 Å². The summed E-state index contributed by atoms with van der Waals surface area (Å²) in [5.41, 5.74) is 10.5. The number of rotatable bonds is 9. The molecule has 2 aromatic rings. The van der Waals surface area contributed by atoms with E-state index in [1.165, 1.54) is 5.57 Å². The predicted molar refractivity (Wildman–Crippen MR) is 126 cm³/mol. The zero-order chi connectivity index (χ0) is 22.9. The van der Waals surface area contributed by atoms with Crippen molar-refractivity contribution < 1.29 is 19.0 Å². The number of para-hydroxylation sites is 2. The number of carbonyl (C=O) groups is 1. The van der Waals surface area contributed by atoms with E-state index in [-0.39, 0.29) is 5.91 Å². The summed E-state index contributed by atoms with van der Waals surface area (Å²) in [7, 11) is 3.27. The van der Waals surface area contributed by atoms with Gasteiger partial charge in [-0.25, -0.2) is 0 Å². The lowest BCUT2D eigenvalue weighted by Gasteiger charge is -2.12. The molecule has 0 heterocycles. The third kappa shape index (κ3) is 5.80. The lowest BCUT2D eigenvalue weighted by atomic mass is 10.0. The maximum absolute atomic E-state index is 12.9. The smallest absolute Gasteiger partial charge is 0.253 e. The lowest BCUT2D eigenvalue weighted by molar-refractivity contribution is -0.117. The summed E-state index contributed by atoms with van der Waals surface area (Å²) in [6.45, 7) is 2.93. The van der Waals surface area contributed by atoms with Crippen LogP contribution in [-0.4, -0.2) is 26.7 Å². The summed E-state index contributed by atoms with van der Waals surface area (Å²) < 4.78 is 16.6. The van der Waals surface area contributed by atoms with Crippen LogP contribution in [0.15, 0.2) is 83.1 Å². The number of nitrogens with two attached hydrogens (primary N) is 1. The predicted octanol–water partition coefficient (Wildman–Crippen LogP) is 4.63. The van der Waals surface area contributed by atoms with E-state index in [1.54, 1.807) is 20.3 Å². The van der Waals surface area contributed by atoms with Crippen LogP contribution in [0, 0.1) is 0 Å². The van der Waals surface area contributed by atoms with E-state index in [4.69, 9.17) is 19.9 Å². The van der Waals surface area contributed by atoms with Crippen LogP contribution in [0.1, 0.15) is 25.3 Å². The van der Waals surface area contributed by atoms with Gasteiger partial charge in [0.05, 0.1) is 19.3 Å². The Labute approximate surface area is 189 Å². The molecule has 3 N–H and O–H groups in total. The Kier molecular flexibility index (Phi) is 8.11. The average molecular weight is 435 g/mol. The molecule has 0 atom stereocenters. The molecule has 0 saturated carbocycles. The van der Waals surface area contributed by atoms with Gasteiger partial charge in [-0.15, -0.1) is 0 Å². The topological polar surface area (TPSA) is 82.8 Å². The SMILES string of the molecule is CCC1=C(COC)C=CC(C(=O)NCc2cccc(Oc3ccccc3OC)c2)=C(N)C1. The minimum Gasteiger partial charge on any atom is -0.493 e. The molecule has 0 unspecified atom stereocenters. The standard InChI is InChI=1S/C26H30N2O4/c1-4-19-15-23(27)22(13-12-20(19)17-30-2)26(29)28-16-18-8-7-9-21(14-18)32-25-11-6-5-10-24(25)31-3/h5-14H,4,15-17,27H2,1-3H3,(H,28,29). The first-order valence-electron chi connectivity index (χ1n) is 10.6. The Bertz CT molecular complexity index is 1050. The van der Waals surface area contributed by atoms with Crippen LogP contribution in [0.5, 0.6) is 17.2 Å². The van der Waals surface area contributed by atoms with E-state index in [1.807, 2.05) is 54.6 Å². The quantitative estimate of drug-likeness (QED) is 0.601. The van der Waals surface area contributed by atoms with Crippen molar-refractivity contribution in [1.82, 2.24) is 5.32 Å². The Morgan fingerprint density at radius 1 is 1.06 bits per heavy atom. The maximum atomic E-state index is 12.9. The van der Waals surface area contributed by atoms with Crippen molar-refractivity contribution in [2.24, 2.45) is 5.73 Å². The van der Waals surface area contributed by atoms with E-state index in [0.29, 0.717) is 48.1 Å². The van der Waals surface area contributed by atoms with Crippen LogP contribution in [-0.2, 0) is 16.1 Å². The molecule has 2 aromatic carbocycles. The minimum absolute atomic E-state index is 0.205. The highest BCUT2D eigenvalue weighted by atomic mass is 16.5. The van der Waals surface area contributed by atoms with Crippen LogP contribution in [0.4, 0.5) is 0 Å². The first-order chi connectivity index (χ1) is 15.5. The Hall–Kier alpha value is -3.51. The zero-order valence-corrected chi connectivity index (χ0v) is 18.8. The highest BCUT2D eigenvalue weighted by Crippen LogP contribution is 2.31. The molecule has 0 fully saturated rings. The van der Waals surface area contributed by atoms with Gasteiger partial charge in [0.15, 0.2) is 11.5 Å². The largest absolute Gasteiger partial charge is 0.493 e. The number of amides is 1. The average Bonchev–Trinajstić information content (AvgIpc) is 2.97. The Morgan fingerprint density at radius 2 is 1.84 bits per heavy atom. The molecule has 6 nitrogen and oxygen atoms in total. The van der Waals surface area contributed by atoms with Gasteiger partial charge in [-0.1, -0.05) is 42.8 Å². The third-order valence-corrected chi connectivity index (χ3v) is 5.27. The van der Waals surface area contributed by atoms with Crippen molar-refractivity contribution in [3.05, 3.63) is 88.7 Å². The normalized spacial score (nSPS) is 13.7. The third-order valence-electron chi connectivity index (χ3n) is 5.27. The molecular formula is C26H30N2O4. The summed E-state index contributed by atoms with van der Waals surface area (Å²) >= 11 is 0. The van der Waals surface area contributed by atoms with Crippen LogP contribution in [0.25, 0.3) is 0 Å². The van der Waals surface area contributed by atoms with Gasteiger partial charge in [0.2, 0.25) is 0 Å². The highest BCUT2D eigenvalue weighted by molar-refractivity contribution is 5.97. The summed E-state index contributed by atoms with van der Waals surface area (Å²) in [6.07, 6.45) is 5.13. The molecular weight excluding hydrogens is 404 g/mol. The summed E-state index contributed by atoms with van der Waals surface area (Å²) in [6, 6.07) is 15.0. The zero-order valence-electron chi connectivity index (χ0n) is 18.8. The number of methoxy groups -OCH3 is 2. The molecule has 0 bridgehead atoms. The minimum atomic E-state index is -0.205. The fraction of sp³-hybridized carbons (Fsp3) is 0.269. The van der Waals surface area contributed by atoms with E-state index in [2.05, 4.69) is 12.2 Å². The van der Waals surface area contributed by atoms with Crippen molar-refractivity contribution in [1.29, 1.82) is 0 Å². The van der Waals surface area contributed by atoms with E-state index < -0.39 is 0 Å². The molecule has 1 aliphatic carbocycles. The molecule has 0 spiro atoms. The molecule has 32 heavy (non-hydrogen) atoms. The summed E-state index contributed by atoms with van der Waals surface area (Å²) in [5, 5.41) is 2.96. The van der Waals surface area contributed by atoms with Gasteiger partial charge in [-0.3, -0.25) is 4.79 Å². The summed E-state index contributed by atoms with van der Waals surface area (Å²) in [5.74, 6) is 1.74.